The summed E-state index contributed by atoms with van der Waals surface area (Å²) < 4.78 is 34.0. The van der Waals surface area contributed by atoms with Gasteiger partial charge < -0.3 is 15.4 Å². The molecule has 1 aliphatic rings. The molecule has 2 aromatic carbocycles. The lowest BCUT2D eigenvalue weighted by molar-refractivity contribution is -0.131. The molecular weight excluding hydrogens is 518 g/mol. The Balaban J connectivity index is 1.16. The number of pyridine rings is 2. The van der Waals surface area contributed by atoms with Crippen molar-refractivity contribution in [2.24, 2.45) is 5.41 Å². The lowest BCUT2D eigenvalue weighted by Gasteiger charge is -2.16. The zero-order valence-corrected chi connectivity index (χ0v) is 20.8. The normalized spacial score (nSPS) is 13.4. The first-order chi connectivity index (χ1) is 19.4. The van der Waals surface area contributed by atoms with Crippen molar-refractivity contribution in [1.82, 2.24) is 19.9 Å². The van der Waals surface area contributed by atoms with Gasteiger partial charge in [0, 0.05) is 47.8 Å². The van der Waals surface area contributed by atoms with E-state index in [1.165, 1.54) is 42.7 Å². The van der Waals surface area contributed by atoms with Crippen molar-refractivity contribution in [1.29, 1.82) is 0 Å². The molecule has 2 N–H and O–H groups in total. The van der Waals surface area contributed by atoms with Gasteiger partial charge in [-0.05, 0) is 61.4 Å². The monoisotopic (exact) mass is 538 g/mol. The fourth-order valence-electron chi connectivity index (χ4n) is 4.19. The number of nitrogens with zero attached hydrogens (tertiary/aromatic N) is 4. The van der Waals surface area contributed by atoms with Crippen LogP contribution in [0.2, 0.25) is 0 Å². The molecule has 9 nitrogen and oxygen atoms in total. The number of nitrogens with one attached hydrogen (secondary N) is 2. The van der Waals surface area contributed by atoms with Crippen molar-refractivity contribution in [3.05, 3.63) is 97.3 Å². The van der Waals surface area contributed by atoms with E-state index in [1.54, 1.807) is 36.9 Å². The Labute approximate surface area is 226 Å². The maximum atomic E-state index is 15.0. The van der Waals surface area contributed by atoms with Crippen LogP contribution in [0.25, 0.3) is 22.2 Å². The van der Waals surface area contributed by atoms with E-state index in [-0.39, 0.29) is 11.4 Å². The minimum atomic E-state index is -1.27. The molecule has 2 amide bonds. The van der Waals surface area contributed by atoms with Crippen molar-refractivity contribution in [2.75, 3.05) is 10.6 Å². The van der Waals surface area contributed by atoms with Crippen LogP contribution < -0.4 is 15.4 Å². The first kappa shape index (κ1) is 25.0. The number of halogens is 2. The number of anilines is 2. The van der Waals surface area contributed by atoms with Gasteiger partial charge in [0.1, 0.15) is 23.3 Å². The molecule has 0 bridgehead atoms. The Morgan fingerprint density at radius 3 is 2.20 bits per heavy atom. The fraction of sp³-hybridized carbons (Fsp3) is 0.103. The fourth-order valence-corrected chi connectivity index (χ4v) is 4.19. The number of fused-ring (bicyclic) bond motifs is 1. The largest absolute Gasteiger partial charge is 0.453 e. The summed E-state index contributed by atoms with van der Waals surface area (Å²) in [5.74, 6) is -1.92. The molecule has 0 aliphatic heterocycles. The van der Waals surface area contributed by atoms with Gasteiger partial charge in [-0.25, -0.2) is 18.7 Å². The maximum absolute atomic E-state index is 15.0. The van der Waals surface area contributed by atoms with Crippen LogP contribution in [-0.2, 0) is 9.59 Å². The van der Waals surface area contributed by atoms with Crippen molar-refractivity contribution in [3.63, 3.8) is 0 Å². The smallest absolute Gasteiger partial charge is 0.240 e. The van der Waals surface area contributed by atoms with Crippen LogP contribution in [0.15, 0.2) is 85.7 Å². The van der Waals surface area contributed by atoms with Crippen molar-refractivity contribution in [2.45, 2.75) is 12.8 Å². The topological polar surface area (TPSA) is 119 Å². The van der Waals surface area contributed by atoms with Gasteiger partial charge in [0.2, 0.25) is 11.8 Å². The molecule has 5 aromatic rings. The summed E-state index contributed by atoms with van der Waals surface area (Å²) >= 11 is 0. The van der Waals surface area contributed by atoms with Crippen LogP contribution in [0.5, 0.6) is 11.5 Å². The highest BCUT2D eigenvalue weighted by Crippen LogP contribution is 2.47. The maximum Gasteiger partial charge on any atom is 0.240 e. The van der Waals surface area contributed by atoms with E-state index in [4.69, 9.17) is 4.74 Å². The molecule has 0 radical (unpaired) electrons. The van der Waals surface area contributed by atoms with Gasteiger partial charge in [0.15, 0.2) is 11.6 Å². The molecular formula is C29H20F2N6O3. The predicted octanol–water partition coefficient (Wildman–Crippen LogP) is 5.51. The Hall–Kier alpha value is -5.32. The summed E-state index contributed by atoms with van der Waals surface area (Å²) in [7, 11) is 0. The summed E-state index contributed by atoms with van der Waals surface area (Å²) in [5, 5.41) is 5.83. The van der Waals surface area contributed by atoms with E-state index in [0.29, 0.717) is 40.9 Å². The van der Waals surface area contributed by atoms with Crippen molar-refractivity contribution in [3.8, 4) is 22.8 Å². The summed E-state index contributed by atoms with van der Waals surface area (Å²) in [4.78, 5) is 42.5. The first-order valence-electron chi connectivity index (χ1n) is 12.3. The molecule has 1 aliphatic carbocycles. The lowest BCUT2D eigenvalue weighted by Crippen LogP contribution is -2.35. The third kappa shape index (κ3) is 4.92. The Bertz CT molecular complexity index is 1750. The van der Waals surface area contributed by atoms with E-state index in [2.05, 4.69) is 30.6 Å². The number of carbonyl (C=O) groups excluding carboxylic acids is 2. The van der Waals surface area contributed by atoms with E-state index >= 15 is 4.39 Å². The van der Waals surface area contributed by atoms with Crippen LogP contribution in [0, 0.1) is 17.0 Å². The van der Waals surface area contributed by atoms with Crippen LogP contribution in [-0.4, -0.2) is 31.8 Å². The van der Waals surface area contributed by atoms with Gasteiger partial charge >= 0.3 is 0 Å². The van der Waals surface area contributed by atoms with Crippen LogP contribution in [0.3, 0.4) is 0 Å². The number of benzene rings is 2. The second kappa shape index (κ2) is 10.1. The Morgan fingerprint density at radius 2 is 1.50 bits per heavy atom. The highest BCUT2D eigenvalue weighted by molar-refractivity contribution is 6.16. The summed E-state index contributed by atoms with van der Waals surface area (Å²) in [6.07, 6.45) is 8.52. The molecule has 1 saturated carbocycles. The molecule has 1 fully saturated rings. The zero-order chi connectivity index (χ0) is 27.7. The second-order valence-electron chi connectivity index (χ2n) is 9.27. The standard InChI is InChI=1S/C29H20F2N6O3/c30-18-1-3-19(4-2-18)36-27(38)29(8-9-29)28(39)37-20-5-6-26(22(31)11-20)40-25-7-10-34-24-12-23(35-15-21(24)25)17-13-32-16-33-14-17/h1-7,10-16H,8-9H2,(H,36,38)(H,37,39). The average molecular weight is 539 g/mol. The van der Waals surface area contributed by atoms with Crippen LogP contribution in [0.4, 0.5) is 20.2 Å². The molecule has 0 atom stereocenters. The Kier molecular flexibility index (Phi) is 6.31. The van der Waals surface area contributed by atoms with Gasteiger partial charge in [-0.3, -0.25) is 19.6 Å². The summed E-state index contributed by atoms with van der Waals surface area (Å²) in [5.41, 5.74) is 1.22. The van der Waals surface area contributed by atoms with E-state index < -0.39 is 28.9 Å². The van der Waals surface area contributed by atoms with E-state index in [0.717, 1.165) is 11.6 Å². The first-order valence-corrected chi connectivity index (χ1v) is 12.3. The summed E-state index contributed by atoms with van der Waals surface area (Å²) in [6, 6.07) is 12.6. The highest BCUT2D eigenvalue weighted by atomic mass is 19.1. The van der Waals surface area contributed by atoms with Crippen LogP contribution in [0.1, 0.15) is 12.8 Å². The van der Waals surface area contributed by atoms with Gasteiger partial charge in [0.25, 0.3) is 0 Å². The predicted molar refractivity (Wildman–Crippen MR) is 142 cm³/mol. The van der Waals surface area contributed by atoms with Crippen molar-refractivity contribution >= 4 is 34.1 Å². The number of hydrogen-bond donors (Lipinski definition) is 2. The number of amides is 2. The SMILES string of the molecule is O=C(Nc1ccc(F)cc1)C1(C(=O)Nc2ccc(Oc3ccnc4cc(-c5cncnc5)ncc34)c(F)c2)CC1. The number of ether oxygens (including phenoxy) is 1. The number of aromatic nitrogens is 4. The average Bonchev–Trinajstić information content (AvgIpc) is 3.79. The number of rotatable bonds is 7. The molecule has 11 heteroatoms. The lowest BCUT2D eigenvalue weighted by atomic mass is 10.0. The van der Waals surface area contributed by atoms with Gasteiger partial charge in [-0.2, -0.15) is 0 Å². The molecule has 3 aromatic heterocycles. The summed E-state index contributed by atoms with van der Waals surface area (Å²) in [6.45, 7) is 0. The van der Waals surface area contributed by atoms with Crippen LogP contribution >= 0.6 is 0 Å². The second-order valence-corrected chi connectivity index (χ2v) is 9.27. The van der Waals surface area contributed by atoms with E-state index in [1.807, 2.05) is 0 Å². The quantitative estimate of drug-likeness (QED) is 0.262. The molecule has 6 rings (SSSR count). The Morgan fingerprint density at radius 1 is 0.800 bits per heavy atom. The zero-order valence-electron chi connectivity index (χ0n) is 20.8. The molecule has 3 heterocycles. The highest BCUT2D eigenvalue weighted by Gasteiger charge is 2.56. The molecule has 40 heavy (non-hydrogen) atoms. The third-order valence-electron chi connectivity index (χ3n) is 6.57. The molecule has 198 valence electrons. The number of hydrogen-bond acceptors (Lipinski definition) is 7. The van der Waals surface area contributed by atoms with Gasteiger partial charge in [0.05, 0.1) is 16.6 Å². The van der Waals surface area contributed by atoms with E-state index in [9.17, 15) is 14.0 Å². The minimum Gasteiger partial charge on any atom is -0.453 e. The van der Waals surface area contributed by atoms with Gasteiger partial charge in [-0.1, -0.05) is 0 Å². The molecule has 0 unspecified atom stereocenters. The van der Waals surface area contributed by atoms with Gasteiger partial charge in [-0.15, -0.1) is 0 Å². The minimum absolute atomic E-state index is 0.0683. The van der Waals surface area contributed by atoms with Crippen molar-refractivity contribution < 1.29 is 23.1 Å². The molecule has 0 saturated heterocycles. The third-order valence-corrected chi connectivity index (χ3v) is 6.57. The molecule has 0 spiro atoms. The number of carbonyl (C=O) groups is 2.